The van der Waals surface area contributed by atoms with Gasteiger partial charge >= 0.3 is 11.9 Å². The number of alkyl halides is 3. The Morgan fingerprint density at radius 2 is 1.87 bits per heavy atom. The zero-order chi connectivity index (χ0) is 11.8. The van der Waals surface area contributed by atoms with Crippen molar-refractivity contribution in [2.24, 2.45) is 0 Å². The van der Waals surface area contributed by atoms with Crippen molar-refractivity contribution < 1.29 is 22.5 Å². The molecular weight excluding hydrogens is 286 g/mol. The molecule has 0 atom stereocenters. The van der Waals surface area contributed by atoms with Crippen molar-refractivity contribution in [1.29, 1.82) is 0 Å². The SMILES string of the molecule is O=[N+]([O-])c1c(F)ccc(Br)c1C(F)(F)F. The van der Waals surface area contributed by atoms with Crippen LogP contribution in [0.25, 0.3) is 0 Å². The van der Waals surface area contributed by atoms with Gasteiger partial charge in [-0.1, -0.05) is 0 Å². The molecule has 0 saturated heterocycles. The fraction of sp³-hybridized carbons (Fsp3) is 0.143. The third-order valence-electron chi connectivity index (χ3n) is 1.54. The van der Waals surface area contributed by atoms with Gasteiger partial charge in [-0.05, 0) is 28.1 Å². The van der Waals surface area contributed by atoms with E-state index in [9.17, 15) is 27.7 Å². The molecule has 8 heteroatoms. The molecule has 0 aromatic heterocycles. The first-order valence-corrected chi connectivity index (χ1v) is 4.24. The highest BCUT2D eigenvalue weighted by atomic mass is 79.9. The Morgan fingerprint density at radius 1 is 1.33 bits per heavy atom. The minimum Gasteiger partial charge on any atom is -0.258 e. The molecule has 0 saturated carbocycles. The van der Waals surface area contributed by atoms with Crippen LogP contribution < -0.4 is 0 Å². The van der Waals surface area contributed by atoms with Crippen LogP contribution in [-0.4, -0.2) is 4.92 Å². The predicted octanol–water partition coefficient (Wildman–Crippen LogP) is 3.52. The molecule has 0 unspecified atom stereocenters. The lowest BCUT2D eigenvalue weighted by Gasteiger charge is -2.09. The third-order valence-corrected chi connectivity index (χ3v) is 2.20. The lowest BCUT2D eigenvalue weighted by molar-refractivity contribution is -0.390. The Kier molecular flexibility index (Phi) is 2.98. The van der Waals surface area contributed by atoms with Crippen LogP contribution in [0.1, 0.15) is 5.56 Å². The first kappa shape index (κ1) is 11.9. The third kappa shape index (κ3) is 2.25. The van der Waals surface area contributed by atoms with Gasteiger partial charge in [-0.15, -0.1) is 0 Å². The highest BCUT2D eigenvalue weighted by Crippen LogP contribution is 2.41. The van der Waals surface area contributed by atoms with E-state index in [-0.39, 0.29) is 0 Å². The van der Waals surface area contributed by atoms with Crippen molar-refractivity contribution in [1.82, 2.24) is 0 Å². The molecule has 0 spiro atoms. The van der Waals surface area contributed by atoms with Gasteiger partial charge in [0.15, 0.2) is 5.56 Å². The molecule has 15 heavy (non-hydrogen) atoms. The minimum atomic E-state index is -4.98. The molecule has 0 aliphatic carbocycles. The van der Waals surface area contributed by atoms with Gasteiger partial charge < -0.3 is 0 Å². The van der Waals surface area contributed by atoms with Gasteiger partial charge in [0.05, 0.1) is 4.92 Å². The average Bonchev–Trinajstić information content (AvgIpc) is 2.05. The summed E-state index contributed by atoms with van der Waals surface area (Å²) in [4.78, 5) is 8.89. The van der Waals surface area contributed by atoms with E-state index in [4.69, 9.17) is 0 Å². The molecule has 0 bridgehead atoms. The van der Waals surface area contributed by atoms with E-state index in [1.165, 1.54) is 0 Å². The lowest BCUT2D eigenvalue weighted by Crippen LogP contribution is -2.11. The highest BCUT2D eigenvalue weighted by Gasteiger charge is 2.42. The van der Waals surface area contributed by atoms with Gasteiger partial charge in [0.1, 0.15) is 0 Å². The Balaban J connectivity index is 3.60. The smallest absolute Gasteiger partial charge is 0.258 e. The molecule has 3 nitrogen and oxygen atoms in total. The maximum absolute atomic E-state index is 12.8. The second-order valence-corrected chi connectivity index (χ2v) is 3.36. The number of nitro benzene ring substituents is 1. The number of nitrogens with zero attached hydrogens (tertiary/aromatic N) is 1. The Labute approximate surface area is 89.0 Å². The molecule has 1 aromatic rings. The highest BCUT2D eigenvalue weighted by molar-refractivity contribution is 9.10. The maximum atomic E-state index is 12.8. The fourth-order valence-corrected chi connectivity index (χ4v) is 1.53. The van der Waals surface area contributed by atoms with Gasteiger partial charge in [-0.3, -0.25) is 10.1 Å². The van der Waals surface area contributed by atoms with Crippen LogP contribution in [0.15, 0.2) is 16.6 Å². The zero-order valence-electron chi connectivity index (χ0n) is 6.81. The molecule has 1 aromatic carbocycles. The van der Waals surface area contributed by atoms with E-state index in [1.807, 2.05) is 0 Å². The Morgan fingerprint density at radius 3 is 2.20 bits per heavy atom. The van der Waals surface area contributed by atoms with E-state index >= 15 is 0 Å². The summed E-state index contributed by atoms with van der Waals surface area (Å²) in [6.45, 7) is 0. The summed E-state index contributed by atoms with van der Waals surface area (Å²) in [6, 6.07) is 1.36. The van der Waals surface area contributed by atoms with Crippen LogP contribution in [0, 0.1) is 15.9 Å². The van der Waals surface area contributed by atoms with Gasteiger partial charge in [0.2, 0.25) is 5.82 Å². The Bertz CT molecular complexity index is 418. The summed E-state index contributed by atoms with van der Waals surface area (Å²) >= 11 is 2.49. The van der Waals surface area contributed by atoms with Gasteiger partial charge in [0.25, 0.3) is 0 Å². The van der Waals surface area contributed by atoms with Gasteiger partial charge in [-0.25, -0.2) is 0 Å². The summed E-state index contributed by atoms with van der Waals surface area (Å²) in [5, 5.41) is 10.3. The van der Waals surface area contributed by atoms with Crippen LogP contribution >= 0.6 is 15.9 Å². The van der Waals surface area contributed by atoms with Crippen molar-refractivity contribution in [2.45, 2.75) is 6.18 Å². The summed E-state index contributed by atoms with van der Waals surface area (Å²) in [7, 11) is 0. The number of hydrogen-bond donors (Lipinski definition) is 0. The Hall–Kier alpha value is -1.18. The van der Waals surface area contributed by atoms with E-state index in [0.29, 0.717) is 6.07 Å². The molecule has 0 fully saturated rings. The molecule has 0 aliphatic rings. The molecular formula is C7H2BrF4NO2. The number of nitro groups is 1. The minimum absolute atomic E-state index is 0.567. The second-order valence-electron chi connectivity index (χ2n) is 2.51. The molecule has 0 N–H and O–H groups in total. The number of benzene rings is 1. The summed E-state index contributed by atoms with van der Waals surface area (Å²) in [6.07, 6.45) is -4.98. The van der Waals surface area contributed by atoms with Crippen molar-refractivity contribution in [3.05, 3.63) is 38.1 Å². The topological polar surface area (TPSA) is 43.1 Å². The zero-order valence-corrected chi connectivity index (χ0v) is 8.39. The molecule has 0 radical (unpaired) electrons. The van der Waals surface area contributed by atoms with Crippen molar-refractivity contribution in [2.75, 3.05) is 0 Å². The standard InChI is InChI=1S/C7H2BrF4NO2/c8-3-1-2-4(9)6(13(14)15)5(3)7(10,11)12/h1-2H. The van der Waals surface area contributed by atoms with Crippen LogP contribution in [0.4, 0.5) is 23.2 Å². The maximum Gasteiger partial charge on any atom is 0.424 e. The van der Waals surface area contributed by atoms with Crippen LogP contribution in [0.5, 0.6) is 0 Å². The van der Waals surface area contributed by atoms with E-state index < -0.39 is 32.6 Å². The summed E-state index contributed by atoms with van der Waals surface area (Å²) in [5.41, 5.74) is -3.19. The molecule has 1 rings (SSSR count). The van der Waals surface area contributed by atoms with Crippen molar-refractivity contribution in [3.63, 3.8) is 0 Å². The fourth-order valence-electron chi connectivity index (χ4n) is 0.989. The van der Waals surface area contributed by atoms with Crippen molar-refractivity contribution >= 4 is 21.6 Å². The number of hydrogen-bond acceptors (Lipinski definition) is 2. The quantitative estimate of drug-likeness (QED) is 0.451. The largest absolute Gasteiger partial charge is 0.424 e. The lowest BCUT2D eigenvalue weighted by atomic mass is 10.1. The van der Waals surface area contributed by atoms with Gasteiger partial charge in [0, 0.05) is 4.47 Å². The van der Waals surface area contributed by atoms with Crippen molar-refractivity contribution in [3.8, 4) is 0 Å². The normalized spacial score (nSPS) is 11.5. The van der Waals surface area contributed by atoms with Gasteiger partial charge in [-0.2, -0.15) is 17.6 Å². The van der Waals surface area contributed by atoms with Crippen LogP contribution in [-0.2, 0) is 6.18 Å². The molecule has 0 amide bonds. The summed E-state index contributed by atoms with van der Waals surface area (Å²) < 4.78 is 49.3. The van der Waals surface area contributed by atoms with Crippen LogP contribution in [0.3, 0.4) is 0 Å². The van der Waals surface area contributed by atoms with E-state index in [1.54, 1.807) is 0 Å². The molecule has 82 valence electrons. The summed E-state index contributed by atoms with van der Waals surface area (Å²) in [5.74, 6) is -1.52. The first-order valence-electron chi connectivity index (χ1n) is 3.44. The number of halogens is 5. The van der Waals surface area contributed by atoms with E-state index in [2.05, 4.69) is 15.9 Å². The number of rotatable bonds is 1. The van der Waals surface area contributed by atoms with Crippen LogP contribution in [0.2, 0.25) is 0 Å². The predicted molar refractivity (Wildman–Crippen MR) is 45.8 cm³/mol. The monoisotopic (exact) mass is 287 g/mol. The van der Waals surface area contributed by atoms with E-state index in [0.717, 1.165) is 6.07 Å². The molecule has 0 aliphatic heterocycles. The average molecular weight is 288 g/mol. The molecule has 0 heterocycles. The second kappa shape index (κ2) is 3.76. The first-order chi connectivity index (χ1) is 6.75.